The predicted molar refractivity (Wildman–Crippen MR) is 117 cm³/mol. The molecule has 1 saturated heterocycles. The number of rotatable bonds is 9. The fraction of sp³-hybridized carbons (Fsp3) is 0.381. The van der Waals surface area contributed by atoms with E-state index in [9.17, 15) is 4.79 Å². The first-order chi connectivity index (χ1) is 13.2. The molecule has 27 heavy (non-hydrogen) atoms. The van der Waals surface area contributed by atoms with Crippen LogP contribution < -0.4 is 5.32 Å². The quantitative estimate of drug-likeness (QED) is 0.646. The third-order valence-corrected chi connectivity index (χ3v) is 6.24. The summed E-state index contributed by atoms with van der Waals surface area (Å²) in [7, 11) is 0. The number of amides is 1. The van der Waals surface area contributed by atoms with E-state index < -0.39 is 0 Å². The highest BCUT2D eigenvalue weighted by molar-refractivity contribution is 7.99. The normalized spacial score (nSPS) is 15.0. The third kappa shape index (κ3) is 6.81. The molecule has 0 atom stereocenters. The number of carbonyl (C=O) groups excluding carboxylic acids is 1. The summed E-state index contributed by atoms with van der Waals surface area (Å²) in [4.78, 5) is 18.4. The molecule has 1 aliphatic rings. The first-order valence-corrected chi connectivity index (χ1v) is 11.3. The van der Waals surface area contributed by atoms with Crippen LogP contribution in [0.5, 0.6) is 0 Å². The zero-order valence-corrected chi connectivity index (χ0v) is 17.2. The Morgan fingerprint density at radius 1 is 1.26 bits per heavy atom. The monoisotopic (exact) mass is 401 g/mol. The molecule has 0 radical (unpaired) electrons. The van der Waals surface area contributed by atoms with Crippen LogP contribution in [0.2, 0.25) is 0 Å². The molecule has 4 nitrogen and oxygen atoms in total. The lowest BCUT2D eigenvalue weighted by Crippen LogP contribution is -2.33. The van der Waals surface area contributed by atoms with Crippen LogP contribution in [-0.2, 0) is 17.9 Å². The summed E-state index contributed by atoms with van der Waals surface area (Å²) in [6.07, 6.45) is 1.85. The number of thiophene rings is 1. The summed E-state index contributed by atoms with van der Waals surface area (Å²) in [5.74, 6) is 2.43. The minimum Gasteiger partial charge on any atom is -0.325 e. The van der Waals surface area contributed by atoms with E-state index in [1.165, 1.54) is 21.9 Å². The maximum Gasteiger partial charge on any atom is 0.238 e. The van der Waals surface area contributed by atoms with E-state index in [1.54, 1.807) is 11.3 Å². The van der Waals surface area contributed by atoms with Crippen molar-refractivity contribution in [3.05, 3.63) is 64.9 Å². The summed E-state index contributed by atoms with van der Waals surface area (Å²) in [6, 6.07) is 12.4. The van der Waals surface area contributed by atoms with Crippen molar-refractivity contribution in [2.24, 2.45) is 0 Å². The van der Waals surface area contributed by atoms with Crippen LogP contribution >= 0.6 is 23.1 Å². The lowest BCUT2D eigenvalue weighted by atomic mass is 10.2. The first-order valence-electron chi connectivity index (χ1n) is 9.27. The van der Waals surface area contributed by atoms with E-state index in [2.05, 4.69) is 45.3 Å². The lowest BCUT2D eigenvalue weighted by molar-refractivity contribution is -0.117. The molecule has 144 valence electrons. The Bertz CT molecular complexity index is 727. The Balaban J connectivity index is 1.54. The molecular formula is C21H27N3OS2. The van der Waals surface area contributed by atoms with Crippen molar-refractivity contribution in [2.75, 3.05) is 43.0 Å². The predicted octanol–water partition coefficient (Wildman–Crippen LogP) is 3.92. The van der Waals surface area contributed by atoms with E-state index in [4.69, 9.17) is 0 Å². The molecule has 1 aliphatic heterocycles. The van der Waals surface area contributed by atoms with Gasteiger partial charge in [-0.15, -0.1) is 17.9 Å². The molecule has 1 aromatic heterocycles. The average molecular weight is 402 g/mol. The molecule has 3 rings (SSSR count). The van der Waals surface area contributed by atoms with Gasteiger partial charge in [0.05, 0.1) is 6.54 Å². The Morgan fingerprint density at radius 2 is 2.11 bits per heavy atom. The number of hydrogen-bond acceptors (Lipinski definition) is 5. The summed E-state index contributed by atoms with van der Waals surface area (Å²) >= 11 is 3.73. The van der Waals surface area contributed by atoms with Crippen LogP contribution in [0.3, 0.4) is 0 Å². The molecule has 2 aromatic rings. The van der Waals surface area contributed by atoms with Gasteiger partial charge in [0.25, 0.3) is 0 Å². The average Bonchev–Trinajstić information content (AvgIpc) is 3.16. The van der Waals surface area contributed by atoms with Gasteiger partial charge in [-0.25, -0.2) is 0 Å². The highest BCUT2D eigenvalue weighted by Crippen LogP contribution is 2.16. The molecule has 0 unspecified atom stereocenters. The van der Waals surface area contributed by atoms with E-state index in [0.717, 1.165) is 31.9 Å². The number of thioether (sulfide) groups is 1. The van der Waals surface area contributed by atoms with Crippen molar-refractivity contribution in [3.63, 3.8) is 0 Å². The molecule has 0 saturated carbocycles. The van der Waals surface area contributed by atoms with Crippen molar-refractivity contribution < 1.29 is 4.79 Å². The van der Waals surface area contributed by atoms with Crippen molar-refractivity contribution in [3.8, 4) is 0 Å². The van der Waals surface area contributed by atoms with Gasteiger partial charge in [0, 0.05) is 54.8 Å². The standard InChI is InChI=1S/C21H27N3OS2/c1-2-8-24(16-20-7-4-11-27-20)17-21(25)22-19-6-3-5-18(14-19)15-23-9-12-26-13-10-23/h2-7,11,14H,1,8-10,12-13,15-17H2,(H,22,25). The maximum absolute atomic E-state index is 12.5. The van der Waals surface area contributed by atoms with Crippen LogP contribution in [0.1, 0.15) is 10.4 Å². The number of benzene rings is 1. The topological polar surface area (TPSA) is 35.6 Å². The maximum atomic E-state index is 12.5. The Morgan fingerprint density at radius 3 is 2.85 bits per heavy atom. The van der Waals surface area contributed by atoms with E-state index in [0.29, 0.717) is 13.1 Å². The minimum absolute atomic E-state index is 0.0138. The van der Waals surface area contributed by atoms with Gasteiger partial charge >= 0.3 is 0 Å². The van der Waals surface area contributed by atoms with Crippen molar-refractivity contribution in [1.82, 2.24) is 9.80 Å². The second-order valence-electron chi connectivity index (χ2n) is 6.67. The van der Waals surface area contributed by atoms with Crippen LogP contribution in [0, 0.1) is 0 Å². The lowest BCUT2D eigenvalue weighted by Gasteiger charge is -2.26. The zero-order valence-electron chi connectivity index (χ0n) is 15.6. The number of nitrogens with zero attached hydrogens (tertiary/aromatic N) is 2. The van der Waals surface area contributed by atoms with Crippen LogP contribution in [0.25, 0.3) is 0 Å². The summed E-state index contributed by atoms with van der Waals surface area (Å²) < 4.78 is 0. The summed E-state index contributed by atoms with van der Waals surface area (Å²) in [6.45, 7) is 8.86. The van der Waals surface area contributed by atoms with Gasteiger partial charge in [-0.05, 0) is 29.1 Å². The van der Waals surface area contributed by atoms with E-state index in [1.807, 2.05) is 36.0 Å². The number of nitrogens with one attached hydrogen (secondary N) is 1. The molecule has 6 heteroatoms. The number of carbonyl (C=O) groups is 1. The van der Waals surface area contributed by atoms with Gasteiger partial charge < -0.3 is 5.32 Å². The molecule has 0 aliphatic carbocycles. The zero-order chi connectivity index (χ0) is 18.9. The second kappa shape index (κ2) is 10.7. The minimum atomic E-state index is 0.0138. The Kier molecular flexibility index (Phi) is 7.95. The summed E-state index contributed by atoms with van der Waals surface area (Å²) in [5, 5.41) is 5.12. The fourth-order valence-electron chi connectivity index (χ4n) is 3.16. The Labute approximate surface area is 170 Å². The Hall–Kier alpha value is -1.60. The van der Waals surface area contributed by atoms with Crippen LogP contribution in [0.4, 0.5) is 5.69 Å². The first kappa shape index (κ1) is 20.1. The van der Waals surface area contributed by atoms with Gasteiger partial charge in [-0.2, -0.15) is 11.8 Å². The highest BCUT2D eigenvalue weighted by atomic mass is 32.2. The smallest absolute Gasteiger partial charge is 0.238 e. The molecule has 1 fully saturated rings. The van der Waals surface area contributed by atoms with Gasteiger partial charge in [-0.3, -0.25) is 14.6 Å². The second-order valence-corrected chi connectivity index (χ2v) is 8.93. The molecule has 1 aromatic carbocycles. The molecular weight excluding hydrogens is 374 g/mol. The molecule has 0 bridgehead atoms. The largest absolute Gasteiger partial charge is 0.325 e. The van der Waals surface area contributed by atoms with Crippen LogP contribution in [0.15, 0.2) is 54.4 Å². The van der Waals surface area contributed by atoms with E-state index >= 15 is 0 Å². The van der Waals surface area contributed by atoms with Gasteiger partial charge in [0.15, 0.2) is 0 Å². The van der Waals surface area contributed by atoms with Crippen LogP contribution in [-0.4, -0.2) is 53.4 Å². The van der Waals surface area contributed by atoms with Gasteiger partial charge in [0.2, 0.25) is 5.91 Å². The van der Waals surface area contributed by atoms with Gasteiger partial charge in [0.1, 0.15) is 0 Å². The SMILES string of the molecule is C=CCN(CC(=O)Nc1cccc(CN2CCSCC2)c1)Cc1cccs1. The van der Waals surface area contributed by atoms with Crippen molar-refractivity contribution in [1.29, 1.82) is 0 Å². The van der Waals surface area contributed by atoms with E-state index in [-0.39, 0.29) is 5.91 Å². The van der Waals surface area contributed by atoms with Gasteiger partial charge in [-0.1, -0.05) is 24.3 Å². The van der Waals surface area contributed by atoms with Crippen molar-refractivity contribution in [2.45, 2.75) is 13.1 Å². The highest BCUT2D eigenvalue weighted by Gasteiger charge is 2.13. The molecule has 1 N–H and O–H groups in total. The molecule has 0 spiro atoms. The molecule has 1 amide bonds. The third-order valence-electron chi connectivity index (χ3n) is 4.43. The number of hydrogen-bond donors (Lipinski definition) is 1. The summed E-state index contributed by atoms with van der Waals surface area (Å²) in [5.41, 5.74) is 2.12. The number of anilines is 1. The molecule has 2 heterocycles. The fourth-order valence-corrected chi connectivity index (χ4v) is 4.88. The van der Waals surface area contributed by atoms with Crippen molar-refractivity contribution >= 4 is 34.7 Å².